The van der Waals surface area contributed by atoms with Gasteiger partial charge in [0.25, 0.3) is 0 Å². The zero-order valence-corrected chi connectivity index (χ0v) is 13.1. The van der Waals surface area contributed by atoms with Crippen molar-refractivity contribution >= 4 is 10.1 Å². The summed E-state index contributed by atoms with van der Waals surface area (Å²) in [5, 5.41) is 0. The van der Waals surface area contributed by atoms with E-state index in [0.717, 1.165) is 5.56 Å². The molecule has 0 bridgehead atoms. The van der Waals surface area contributed by atoms with Gasteiger partial charge in [-0.25, -0.2) is 0 Å². The zero-order valence-electron chi connectivity index (χ0n) is 12.2. The van der Waals surface area contributed by atoms with Crippen LogP contribution in [0.15, 0.2) is 18.2 Å². The molecular formula is C14H17F3O4S. The number of para-hydroxylation sites is 1. The van der Waals surface area contributed by atoms with Gasteiger partial charge in [0.15, 0.2) is 11.5 Å². The Morgan fingerprint density at radius 1 is 1.32 bits per heavy atom. The summed E-state index contributed by atoms with van der Waals surface area (Å²) >= 11 is 0. The summed E-state index contributed by atoms with van der Waals surface area (Å²) in [5.74, 6) is -0.332. The van der Waals surface area contributed by atoms with Crippen molar-refractivity contribution in [2.75, 3.05) is 5.75 Å². The second-order valence-corrected chi connectivity index (χ2v) is 7.54. The van der Waals surface area contributed by atoms with Gasteiger partial charge in [0, 0.05) is 18.4 Å². The van der Waals surface area contributed by atoms with Crippen LogP contribution in [0.5, 0.6) is 11.5 Å². The van der Waals surface area contributed by atoms with Crippen molar-refractivity contribution in [1.29, 1.82) is 0 Å². The second kappa shape index (κ2) is 5.64. The Hall–Kier alpha value is -1.44. The largest absolute Gasteiger partial charge is 0.483 e. The molecule has 0 spiro atoms. The summed E-state index contributed by atoms with van der Waals surface area (Å²) in [5.41, 5.74) is 0.343. The molecular weight excluding hydrogens is 321 g/mol. The van der Waals surface area contributed by atoms with Crippen LogP contribution < -0.4 is 8.92 Å². The molecule has 0 saturated heterocycles. The predicted molar refractivity (Wildman–Crippen MR) is 74.6 cm³/mol. The summed E-state index contributed by atoms with van der Waals surface area (Å²) in [4.78, 5) is 0. The minimum Gasteiger partial charge on any atom is -0.483 e. The number of benzene rings is 1. The normalized spacial score (nSPS) is 17.0. The lowest BCUT2D eigenvalue weighted by atomic mass is 10.0. The molecule has 22 heavy (non-hydrogen) atoms. The Balaban J connectivity index is 2.07. The van der Waals surface area contributed by atoms with E-state index in [0.29, 0.717) is 12.2 Å². The molecule has 0 aromatic heterocycles. The minimum absolute atomic E-state index is 0.0232. The van der Waals surface area contributed by atoms with Gasteiger partial charge in [-0.05, 0) is 26.3 Å². The smallest absolute Gasteiger partial charge is 0.389 e. The van der Waals surface area contributed by atoms with E-state index in [1.807, 2.05) is 13.8 Å². The van der Waals surface area contributed by atoms with Crippen molar-refractivity contribution < 1.29 is 30.5 Å². The summed E-state index contributed by atoms with van der Waals surface area (Å²) in [6.07, 6.45) is -5.47. The Morgan fingerprint density at radius 3 is 2.64 bits per heavy atom. The van der Waals surface area contributed by atoms with Gasteiger partial charge in [-0.15, -0.1) is 0 Å². The van der Waals surface area contributed by atoms with Gasteiger partial charge < -0.3 is 8.92 Å². The van der Waals surface area contributed by atoms with Crippen LogP contribution in [0.1, 0.15) is 32.3 Å². The molecule has 0 unspecified atom stereocenters. The maximum absolute atomic E-state index is 12.1. The highest BCUT2D eigenvalue weighted by Crippen LogP contribution is 2.42. The molecule has 0 N–H and O–H groups in total. The van der Waals surface area contributed by atoms with E-state index >= 15 is 0 Å². The molecule has 0 atom stereocenters. The fourth-order valence-corrected chi connectivity index (χ4v) is 3.27. The first-order chi connectivity index (χ1) is 9.98. The molecule has 1 aromatic carbocycles. The van der Waals surface area contributed by atoms with E-state index in [2.05, 4.69) is 0 Å². The van der Waals surface area contributed by atoms with Crippen LogP contribution >= 0.6 is 0 Å². The molecule has 1 heterocycles. The van der Waals surface area contributed by atoms with Crippen molar-refractivity contribution in [3.63, 3.8) is 0 Å². The Labute approximate surface area is 127 Å². The molecule has 8 heteroatoms. The van der Waals surface area contributed by atoms with Gasteiger partial charge in [-0.3, -0.25) is 0 Å². The number of rotatable bonds is 5. The van der Waals surface area contributed by atoms with Crippen LogP contribution in [0.25, 0.3) is 0 Å². The molecule has 1 aliphatic rings. The van der Waals surface area contributed by atoms with Crippen LogP contribution in [0.2, 0.25) is 0 Å². The lowest BCUT2D eigenvalue weighted by molar-refractivity contribution is -0.134. The zero-order chi connectivity index (χ0) is 16.6. The molecule has 1 aromatic rings. The molecule has 0 amide bonds. The van der Waals surface area contributed by atoms with Gasteiger partial charge in [-0.1, -0.05) is 12.1 Å². The van der Waals surface area contributed by atoms with Crippen molar-refractivity contribution in [3.05, 3.63) is 23.8 Å². The topological polar surface area (TPSA) is 52.6 Å². The Bertz CT molecular complexity index is 651. The lowest BCUT2D eigenvalue weighted by Crippen LogP contribution is -2.25. The first-order valence-corrected chi connectivity index (χ1v) is 8.35. The van der Waals surface area contributed by atoms with Crippen molar-refractivity contribution in [2.45, 2.75) is 44.9 Å². The van der Waals surface area contributed by atoms with Crippen LogP contribution in [-0.2, 0) is 16.5 Å². The van der Waals surface area contributed by atoms with Gasteiger partial charge in [0.05, 0.1) is 5.75 Å². The highest BCUT2D eigenvalue weighted by Gasteiger charge is 2.33. The van der Waals surface area contributed by atoms with Crippen molar-refractivity contribution in [2.24, 2.45) is 0 Å². The summed E-state index contributed by atoms with van der Waals surface area (Å²) in [6.45, 7) is 3.71. The average molecular weight is 338 g/mol. The number of fused-ring (bicyclic) bond motifs is 1. The van der Waals surface area contributed by atoms with E-state index < -0.39 is 40.5 Å². The molecule has 0 saturated carbocycles. The van der Waals surface area contributed by atoms with Gasteiger partial charge >= 0.3 is 16.3 Å². The number of halogens is 3. The maximum atomic E-state index is 12.1. The molecule has 4 nitrogen and oxygen atoms in total. The third-order valence-corrected chi connectivity index (χ3v) is 4.35. The van der Waals surface area contributed by atoms with Crippen LogP contribution in [0.3, 0.4) is 0 Å². The van der Waals surface area contributed by atoms with Crippen molar-refractivity contribution in [3.8, 4) is 11.5 Å². The highest BCUT2D eigenvalue weighted by molar-refractivity contribution is 7.87. The van der Waals surface area contributed by atoms with Crippen LogP contribution in [-0.4, -0.2) is 25.9 Å². The summed E-state index contributed by atoms with van der Waals surface area (Å²) in [7, 11) is -4.10. The summed E-state index contributed by atoms with van der Waals surface area (Å²) in [6, 6.07) is 4.86. The Kier molecular flexibility index (Phi) is 4.34. The van der Waals surface area contributed by atoms with E-state index in [9.17, 15) is 21.6 Å². The molecule has 0 aliphatic carbocycles. The van der Waals surface area contributed by atoms with Crippen LogP contribution in [0, 0.1) is 0 Å². The fourth-order valence-electron chi connectivity index (χ4n) is 2.28. The first kappa shape index (κ1) is 16.9. The molecule has 0 fully saturated rings. The van der Waals surface area contributed by atoms with E-state index in [1.54, 1.807) is 12.1 Å². The number of hydrogen-bond acceptors (Lipinski definition) is 4. The third kappa shape index (κ3) is 4.53. The predicted octanol–water partition coefficient (Wildman–Crippen LogP) is 3.45. The molecule has 1 aliphatic heterocycles. The fraction of sp³-hybridized carbons (Fsp3) is 0.571. The second-order valence-electron chi connectivity index (χ2n) is 5.85. The number of ether oxygens (including phenoxy) is 1. The first-order valence-electron chi connectivity index (χ1n) is 6.77. The van der Waals surface area contributed by atoms with Gasteiger partial charge in [-0.2, -0.15) is 21.6 Å². The highest BCUT2D eigenvalue weighted by atomic mass is 32.2. The van der Waals surface area contributed by atoms with E-state index in [4.69, 9.17) is 8.92 Å². The number of hydrogen-bond donors (Lipinski definition) is 0. The molecule has 2 rings (SSSR count). The average Bonchev–Trinajstić information content (AvgIpc) is 2.61. The maximum Gasteiger partial charge on any atom is 0.389 e. The monoisotopic (exact) mass is 338 g/mol. The number of alkyl halides is 3. The third-order valence-electron chi connectivity index (χ3n) is 3.13. The lowest BCUT2D eigenvalue weighted by Gasteiger charge is -2.18. The van der Waals surface area contributed by atoms with E-state index in [1.165, 1.54) is 6.07 Å². The van der Waals surface area contributed by atoms with Gasteiger partial charge in [0.2, 0.25) is 0 Å². The Morgan fingerprint density at radius 2 is 2.00 bits per heavy atom. The SMILES string of the molecule is CC1(C)Cc2cccc(OS(=O)(=O)CCCC(F)(F)F)c2O1. The quantitative estimate of drug-likeness (QED) is 0.772. The van der Waals surface area contributed by atoms with Gasteiger partial charge in [0.1, 0.15) is 5.60 Å². The van der Waals surface area contributed by atoms with Crippen LogP contribution in [0.4, 0.5) is 13.2 Å². The minimum atomic E-state index is -4.38. The molecule has 124 valence electrons. The van der Waals surface area contributed by atoms with Crippen molar-refractivity contribution in [1.82, 2.24) is 0 Å². The van der Waals surface area contributed by atoms with E-state index in [-0.39, 0.29) is 5.75 Å². The molecule has 0 radical (unpaired) electrons. The standard InChI is InChI=1S/C14H17F3O4S/c1-13(2)9-10-5-3-6-11(12(10)20-13)21-22(18,19)8-4-7-14(15,16)17/h3,5-6H,4,7-9H2,1-2H3. The summed E-state index contributed by atoms with van der Waals surface area (Å²) < 4.78 is 70.4.